The largest absolute Gasteiger partial charge is 0.523 e. The molecule has 1 aliphatic rings. The van der Waals surface area contributed by atoms with Crippen molar-refractivity contribution in [1.29, 1.82) is 0 Å². The molecule has 2 aromatic rings. The maximum absolute atomic E-state index is 13.3. The van der Waals surface area contributed by atoms with E-state index in [-0.39, 0.29) is 6.61 Å². The number of rotatable bonds is 9. The van der Waals surface area contributed by atoms with Crippen LogP contribution in [0.4, 0.5) is 18.0 Å². The Morgan fingerprint density at radius 2 is 1.44 bits per heavy atom. The van der Waals surface area contributed by atoms with Crippen molar-refractivity contribution < 1.29 is 44.5 Å². The highest BCUT2D eigenvalue weighted by Gasteiger charge is 2.56. The number of carbonyl (C=O) groups excluding carboxylic acids is 1. The fourth-order valence-corrected chi connectivity index (χ4v) is 10.3. The highest BCUT2D eigenvalue weighted by Crippen LogP contribution is 2.40. The second-order valence-electron chi connectivity index (χ2n) is 11.4. The van der Waals surface area contributed by atoms with E-state index in [1.165, 1.54) is 13.8 Å². The molecule has 43 heavy (non-hydrogen) atoms. The molecule has 0 spiro atoms. The van der Waals surface area contributed by atoms with Crippen molar-refractivity contribution in [2.24, 2.45) is 0 Å². The zero-order valence-corrected chi connectivity index (χ0v) is 28.1. The van der Waals surface area contributed by atoms with Gasteiger partial charge in [-0.25, -0.2) is 4.79 Å². The first-order valence-corrected chi connectivity index (χ1v) is 17.5. The lowest BCUT2D eigenvalue weighted by Crippen LogP contribution is -2.67. The Hall–Kier alpha value is -1.58. The van der Waals surface area contributed by atoms with E-state index in [1.807, 2.05) is 81.4 Å². The van der Waals surface area contributed by atoms with Gasteiger partial charge in [0.05, 0.1) is 19.3 Å². The number of ether oxygens (including phenoxy) is 2. The van der Waals surface area contributed by atoms with E-state index in [0.717, 1.165) is 15.3 Å². The molecule has 8 nitrogen and oxygen atoms in total. The monoisotopic (exact) mass is 705 g/mol. The molecule has 1 aliphatic heterocycles. The summed E-state index contributed by atoms with van der Waals surface area (Å²) >= 11 is 17.3. The molecule has 240 valence electrons. The summed E-state index contributed by atoms with van der Waals surface area (Å²) in [5.41, 5.74) is -7.18. The Morgan fingerprint density at radius 3 is 1.86 bits per heavy atom. The fourth-order valence-electron chi connectivity index (χ4n) is 5.16. The zero-order chi connectivity index (χ0) is 32.5. The minimum atomic E-state index is -5.96. The quantitative estimate of drug-likeness (QED) is 0.142. The maximum atomic E-state index is 13.3. The van der Waals surface area contributed by atoms with Crippen LogP contribution < -0.4 is 10.4 Å². The maximum Gasteiger partial charge on any atom is 0.523 e. The van der Waals surface area contributed by atoms with Gasteiger partial charge < -0.3 is 13.9 Å². The molecule has 0 radical (unpaired) electrons. The van der Waals surface area contributed by atoms with Crippen molar-refractivity contribution in [3.63, 3.8) is 0 Å². The Labute approximate surface area is 265 Å². The molecule has 3 rings (SSSR count). The molecule has 1 saturated heterocycles. The highest BCUT2D eigenvalue weighted by molar-refractivity contribution is 7.87. The van der Waals surface area contributed by atoms with Gasteiger partial charge in [-0.3, -0.25) is 9.08 Å². The van der Waals surface area contributed by atoms with Crippen LogP contribution in [0.1, 0.15) is 34.6 Å². The molecule has 0 aromatic heterocycles. The lowest BCUT2D eigenvalue weighted by molar-refractivity contribution is -0.0825. The van der Waals surface area contributed by atoms with Gasteiger partial charge in [-0.2, -0.15) is 21.6 Å². The summed E-state index contributed by atoms with van der Waals surface area (Å²) in [6.07, 6.45) is -2.40. The van der Waals surface area contributed by atoms with Gasteiger partial charge in [0, 0.05) is 0 Å². The normalized spacial score (nSPS) is 19.8. The number of nitrogens with zero attached hydrogens (tertiary/aromatic N) is 1. The summed E-state index contributed by atoms with van der Waals surface area (Å²) in [6, 6.07) is 17.8. The summed E-state index contributed by atoms with van der Waals surface area (Å²) < 4.78 is 83.2. The van der Waals surface area contributed by atoms with Crippen molar-refractivity contribution >= 4 is 69.7 Å². The van der Waals surface area contributed by atoms with Crippen LogP contribution in [-0.2, 0) is 28.2 Å². The Kier molecular flexibility index (Phi) is 10.9. The van der Waals surface area contributed by atoms with Gasteiger partial charge in [-0.15, -0.1) is 0 Å². The van der Waals surface area contributed by atoms with Crippen LogP contribution in [0.3, 0.4) is 0 Å². The molecule has 0 aliphatic carbocycles. The number of benzene rings is 2. The number of halogens is 6. The molecule has 2 aromatic carbocycles. The van der Waals surface area contributed by atoms with E-state index in [9.17, 15) is 26.4 Å². The zero-order valence-electron chi connectivity index (χ0n) is 24.0. The lowest BCUT2D eigenvalue weighted by Gasteiger charge is -2.44. The van der Waals surface area contributed by atoms with Gasteiger partial charge in [0.15, 0.2) is 0 Å². The minimum absolute atomic E-state index is 0.292. The third kappa shape index (κ3) is 8.18. The number of amides is 1. The van der Waals surface area contributed by atoms with Crippen molar-refractivity contribution in [2.75, 3.05) is 19.8 Å². The summed E-state index contributed by atoms with van der Waals surface area (Å²) in [7, 11) is -9.20. The first-order chi connectivity index (χ1) is 19.6. The number of hydrogen-bond acceptors (Lipinski definition) is 7. The van der Waals surface area contributed by atoms with Crippen LogP contribution in [0, 0.1) is 0 Å². The van der Waals surface area contributed by atoms with E-state index < -0.39 is 70.0 Å². The predicted octanol–water partition coefficient (Wildman–Crippen LogP) is 5.74. The van der Waals surface area contributed by atoms with Crippen LogP contribution in [0.2, 0.25) is 5.04 Å². The third-order valence-corrected chi connectivity index (χ3v) is 13.2. The van der Waals surface area contributed by atoms with Crippen LogP contribution in [0.25, 0.3) is 0 Å². The minimum Gasteiger partial charge on any atom is -0.445 e. The second kappa shape index (κ2) is 13.0. The van der Waals surface area contributed by atoms with Crippen molar-refractivity contribution in [2.45, 2.75) is 66.8 Å². The summed E-state index contributed by atoms with van der Waals surface area (Å²) in [5, 5.41) is 1.28. The Morgan fingerprint density at radius 1 is 0.953 bits per heavy atom. The van der Waals surface area contributed by atoms with Crippen molar-refractivity contribution in [3.05, 3.63) is 60.7 Å². The molecule has 0 saturated carbocycles. The first kappa shape index (κ1) is 35.9. The van der Waals surface area contributed by atoms with Crippen molar-refractivity contribution in [1.82, 2.24) is 4.90 Å². The predicted molar refractivity (Wildman–Crippen MR) is 161 cm³/mol. The number of hydrogen-bond donors (Lipinski definition) is 0. The van der Waals surface area contributed by atoms with Crippen molar-refractivity contribution in [3.8, 4) is 0 Å². The SMILES string of the molecule is CC1(C)O[C@H](COS(=O)(=O)C(F)(F)F)[C@@H](CO[Si](c2ccccc2)(c2ccccc2)C(C)(C)C)N1C(=O)OCC(Cl)(Cl)Cl. The molecular formula is C27H33Cl3F3NO7SSi. The fraction of sp³-hybridized carbons (Fsp3) is 0.519. The smallest absolute Gasteiger partial charge is 0.445 e. The summed E-state index contributed by atoms with van der Waals surface area (Å²) in [5.74, 6) is 0. The van der Waals surface area contributed by atoms with E-state index in [2.05, 4.69) is 4.18 Å². The molecule has 0 N–H and O–H groups in total. The standard InChI is InChI=1S/C27H33Cl3F3NO7SSi/c1-24(2,3)43(19-12-8-6-9-13-19,20-14-10-7-11-15-20)40-16-21-22(17-39-42(36,37)27(31,32)33)41-25(4,5)34(21)23(35)38-18-26(28,29)30/h6-15,21-22H,16-18H2,1-5H3/t21-,22-/m1/s1. The van der Waals surface area contributed by atoms with Crippen LogP contribution >= 0.6 is 34.8 Å². The summed E-state index contributed by atoms with van der Waals surface area (Å²) in [6.45, 7) is 6.95. The Balaban J connectivity index is 2.09. The van der Waals surface area contributed by atoms with E-state index in [1.54, 1.807) is 0 Å². The van der Waals surface area contributed by atoms with Crippen LogP contribution in [0.5, 0.6) is 0 Å². The van der Waals surface area contributed by atoms with Gasteiger partial charge in [0.2, 0.25) is 3.79 Å². The summed E-state index contributed by atoms with van der Waals surface area (Å²) in [4.78, 5) is 14.4. The highest BCUT2D eigenvalue weighted by atomic mass is 35.6. The van der Waals surface area contributed by atoms with Crippen LogP contribution in [-0.4, -0.2) is 74.7 Å². The first-order valence-electron chi connectivity index (χ1n) is 13.0. The Bertz CT molecular complexity index is 1320. The van der Waals surface area contributed by atoms with Gasteiger partial charge in [-0.1, -0.05) is 116 Å². The molecule has 1 heterocycles. The second-order valence-corrected chi connectivity index (χ2v) is 19.8. The van der Waals surface area contributed by atoms with Gasteiger partial charge in [0.25, 0.3) is 8.32 Å². The molecule has 1 amide bonds. The van der Waals surface area contributed by atoms with E-state index in [0.29, 0.717) is 0 Å². The molecule has 16 heteroatoms. The van der Waals surface area contributed by atoms with E-state index in [4.69, 9.17) is 48.7 Å². The van der Waals surface area contributed by atoms with Gasteiger partial charge in [0.1, 0.15) is 18.4 Å². The average Bonchev–Trinajstić information content (AvgIpc) is 3.15. The number of alkyl halides is 6. The van der Waals surface area contributed by atoms with Gasteiger partial charge >= 0.3 is 21.7 Å². The topological polar surface area (TPSA) is 91.4 Å². The third-order valence-electron chi connectivity index (χ3n) is 6.90. The van der Waals surface area contributed by atoms with E-state index >= 15 is 0 Å². The molecule has 0 bridgehead atoms. The average molecular weight is 707 g/mol. The van der Waals surface area contributed by atoms with Crippen LogP contribution in [0.15, 0.2) is 60.7 Å². The molecule has 1 fully saturated rings. The lowest BCUT2D eigenvalue weighted by atomic mass is 10.1. The molecular weight excluding hydrogens is 674 g/mol. The number of carbonyl (C=O) groups is 1. The molecule has 2 atom stereocenters. The van der Waals surface area contributed by atoms with Gasteiger partial charge in [-0.05, 0) is 29.3 Å². The molecule has 0 unspecified atom stereocenters.